The predicted molar refractivity (Wildman–Crippen MR) is 55.7 cm³/mol. The summed E-state index contributed by atoms with van der Waals surface area (Å²) in [7, 11) is 0. The van der Waals surface area contributed by atoms with Crippen LogP contribution in [-0.2, 0) is 9.59 Å². The summed E-state index contributed by atoms with van der Waals surface area (Å²) in [5, 5.41) is 11.9. The molecule has 1 aliphatic rings. The fourth-order valence-corrected chi connectivity index (χ4v) is 1.96. The molecular formula is C9H15NO3S. The Kier molecular flexibility index (Phi) is 3.95. The first-order valence-corrected chi connectivity index (χ1v) is 5.39. The van der Waals surface area contributed by atoms with Crippen LogP contribution in [0.15, 0.2) is 0 Å². The minimum Gasteiger partial charge on any atom is -0.480 e. The zero-order valence-corrected chi connectivity index (χ0v) is 8.85. The maximum absolute atomic E-state index is 11.7. The van der Waals surface area contributed by atoms with Gasteiger partial charge in [0.05, 0.1) is 0 Å². The number of carboxylic acid groups (broad SMARTS) is 1. The zero-order valence-electron chi connectivity index (χ0n) is 7.95. The van der Waals surface area contributed by atoms with Gasteiger partial charge in [0.25, 0.3) is 0 Å². The Labute approximate surface area is 88.5 Å². The number of nitrogens with one attached hydrogen (secondary N) is 1. The highest BCUT2D eigenvalue weighted by Gasteiger charge is 2.45. The molecule has 0 aliphatic carbocycles. The Hall–Kier alpha value is -0.550. The summed E-state index contributed by atoms with van der Waals surface area (Å²) < 4.78 is 0. The van der Waals surface area contributed by atoms with Crippen molar-refractivity contribution in [1.82, 2.24) is 5.32 Å². The van der Waals surface area contributed by atoms with Crippen LogP contribution < -0.4 is 5.32 Å². The molecule has 0 aromatic carbocycles. The first kappa shape index (κ1) is 11.5. The van der Waals surface area contributed by atoms with Crippen LogP contribution in [0.3, 0.4) is 0 Å². The SMILES string of the molecule is O=C(O)C1(C(=O)CCS)CCCCN1. The van der Waals surface area contributed by atoms with Crippen molar-refractivity contribution in [3.05, 3.63) is 0 Å². The quantitative estimate of drug-likeness (QED) is 0.473. The van der Waals surface area contributed by atoms with Gasteiger partial charge in [-0.1, -0.05) is 0 Å². The number of carboxylic acids is 1. The molecule has 1 aliphatic heterocycles. The van der Waals surface area contributed by atoms with E-state index in [0.717, 1.165) is 12.8 Å². The summed E-state index contributed by atoms with van der Waals surface area (Å²) in [6.45, 7) is 0.602. The van der Waals surface area contributed by atoms with Gasteiger partial charge in [-0.05, 0) is 31.6 Å². The van der Waals surface area contributed by atoms with E-state index in [2.05, 4.69) is 17.9 Å². The van der Waals surface area contributed by atoms with E-state index in [9.17, 15) is 9.59 Å². The lowest BCUT2D eigenvalue weighted by molar-refractivity contribution is -0.151. The van der Waals surface area contributed by atoms with Crippen molar-refractivity contribution >= 4 is 24.4 Å². The van der Waals surface area contributed by atoms with Crippen LogP contribution in [0.1, 0.15) is 25.7 Å². The second-order valence-corrected chi connectivity index (χ2v) is 3.94. The lowest BCUT2D eigenvalue weighted by Crippen LogP contribution is -2.60. The number of Topliss-reactive ketones (excluding diaryl/α,β-unsaturated/α-hetero) is 1. The van der Waals surface area contributed by atoms with Gasteiger partial charge in [-0.2, -0.15) is 12.6 Å². The van der Waals surface area contributed by atoms with Crippen molar-refractivity contribution in [1.29, 1.82) is 0 Å². The third kappa shape index (κ3) is 2.09. The molecule has 0 amide bonds. The summed E-state index contributed by atoms with van der Waals surface area (Å²) in [5.41, 5.74) is -1.33. The molecule has 1 unspecified atom stereocenters. The topological polar surface area (TPSA) is 66.4 Å². The van der Waals surface area contributed by atoms with E-state index < -0.39 is 11.5 Å². The molecular weight excluding hydrogens is 202 g/mol. The summed E-state index contributed by atoms with van der Waals surface area (Å²) in [5.74, 6) is -0.904. The number of carbonyl (C=O) groups excluding carboxylic acids is 1. The third-order valence-electron chi connectivity index (χ3n) is 2.59. The molecule has 80 valence electrons. The number of thiol groups is 1. The first-order chi connectivity index (χ1) is 6.63. The van der Waals surface area contributed by atoms with Crippen LogP contribution in [0.2, 0.25) is 0 Å². The number of ketones is 1. The van der Waals surface area contributed by atoms with E-state index in [1.165, 1.54) is 0 Å². The average molecular weight is 217 g/mol. The molecule has 0 bridgehead atoms. The highest BCUT2D eigenvalue weighted by atomic mass is 32.1. The van der Waals surface area contributed by atoms with E-state index in [4.69, 9.17) is 5.11 Å². The Morgan fingerprint density at radius 3 is 2.57 bits per heavy atom. The Balaban J connectivity index is 2.80. The van der Waals surface area contributed by atoms with Gasteiger partial charge in [0.2, 0.25) is 0 Å². The van der Waals surface area contributed by atoms with Gasteiger partial charge in [-0.15, -0.1) is 0 Å². The standard InChI is InChI=1S/C9H15NO3S/c11-7(3-6-14)9(8(12)13)4-1-2-5-10-9/h10,14H,1-6H2,(H,12,13). The summed E-state index contributed by atoms with van der Waals surface area (Å²) in [6, 6.07) is 0. The second-order valence-electron chi connectivity index (χ2n) is 3.49. The van der Waals surface area contributed by atoms with E-state index in [0.29, 0.717) is 18.7 Å². The van der Waals surface area contributed by atoms with Crippen molar-refractivity contribution in [3.8, 4) is 0 Å². The van der Waals surface area contributed by atoms with Crippen LogP contribution in [0, 0.1) is 0 Å². The second kappa shape index (κ2) is 4.79. The molecule has 0 saturated carbocycles. The number of aliphatic carboxylic acids is 1. The van der Waals surface area contributed by atoms with Crippen LogP contribution in [0.25, 0.3) is 0 Å². The lowest BCUT2D eigenvalue weighted by Gasteiger charge is -2.32. The van der Waals surface area contributed by atoms with Crippen LogP contribution in [0.5, 0.6) is 0 Å². The molecule has 4 nitrogen and oxygen atoms in total. The molecule has 0 aromatic heterocycles. The average Bonchev–Trinajstić information content (AvgIpc) is 2.19. The largest absolute Gasteiger partial charge is 0.480 e. The van der Waals surface area contributed by atoms with E-state index >= 15 is 0 Å². The van der Waals surface area contributed by atoms with Crippen molar-refractivity contribution in [2.45, 2.75) is 31.2 Å². The highest BCUT2D eigenvalue weighted by molar-refractivity contribution is 7.80. The van der Waals surface area contributed by atoms with Crippen LogP contribution in [-0.4, -0.2) is 34.7 Å². The fraction of sp³-hybridized carbons (Fsp3) is 0.778. The van der Waals surface area contributed by atoms with Gasteiger partial charge >= 0.3 is 5.97 Å². The molecule has 1 fully saturated rings. The maximum atomic E-state index is 11.7. The van der Waals surface area contributed by atoms with Gasteiger partial charge in [-0.25, -0.2) is 4.79 Å². The van der Waals surface area contributed by atoms with Crippen LogP contribution in [0.4, 0.5) is 0 Å². The van der Waals surface area contributed by atoms with Crippen molar-refractivity contribution in [3.63, 3.8) is 0 Å². The molecule has 5 heteroatoms. The lowest BCUT2D eigenvalue weighted by atomic mass is 9.84. The van der Waals surface area contributed by atoms with Gasteiger partial charge in [-0.3, -0.25) is 10.1 Å². The molecule has 0 aromatic rings. The smallest absolute Gasteiger partial charge is 0.331 e. The van der Waals surface area contributed by atoms with Gasteiger partial charge in [0.15, 0.2) is 11.3 Å². The monoisotopic (exact) mass is 217 g/mol. The molecule has 1 heterocycles. The molecule has 1 rings (SSSR count). The Bertz CT molecular complexity index is 236. The molecule has 1 atom stereocenters. The molecule has 0 radical (unpaired) electrons. The number of rotatable bonds is 4. The fourth-order valence-electron chi connectivity index (χ4n) is 1.76. The number of hydrogen-bond donors (Lipinski definition) is 3. The van der Waals surface area contributed by atoms with Gasteiger partial charge < -0.3 is 5.11 Å². The Morgan fingerprint density at radius 1 is 1.43 bits per heavy atom. The number of carbonyl (C=O) groups is 2. The molecule has 1 saturated heterocycles. The minimum atomic E-state index is -1.33. The van der Waals surface area contributed by atoms with Crippen LogP contribution >= 0.6 is 12.6 Å². The summed E-state index contributed by atoms with van der Waals surface area (Å²) in [4.78, 5) is 22.8. The van der Waals surface area contributed by atoms with Gasteiger partial charge in [0, 0.05) is 6.42 Å². The molecule has 0 spiro atoms. The van der Waals surface area contributed by atoms with E-state index in [1.807, 2.05) is 0 Å². The predicted octanol–water partition coefficient (Wildman–Crippen LogP) is 0.472. The van der Waals surface area contributed by atoms with Crippen molar-refractivity contribution < 1.29 is 14.7 Å². The van der Waals surface area contributed by atoms with Crippen molar-refractivity contribution in [2.24, 2.45) is 0 Å². The van der Waals surface area contributed by atoms with Gasteiger partial charge in [0.1, 0.15) is 0 Å². The molecule has 14 heavy (non-hydrogen) atoms. The first-order valence-electron chi connectivity index (χ1n) is 4.76. The Morgan fingerprint density at radius 2 is 2.14 bits per heavy atom. The third-order valence-corrected chi connectivity index (χ3v) is 2.81. The summed E-state index contributed by atoms with van der Waals surface area (Å²) >= 11 is 3.94. The summed E-state index contributed by atoms with van der Waals surface area (Å²) in [6.07, 6.45) is 2.33. The highest BCUT2D eigenvalue weighted by Crippen LogP contribution is 2.22. The zero-order chi connectivity index (χ0) is 10.6. The van der Waals surface area contributed by atoms with E-state index in [-0.39, 0.29) is 12.2 Å². The van der Waals surface area contributed by atoms with E-state index in [1.54, 1.807) is 0 Å². The minimum absolute atomic E-state index is 0.211. The normalized spacial score (nSPS) is 27.2. The molecule has 2 N–H and O–H groups in total. The number of piperidine rings is 1. The maximum Gasteiger partial charge on any atom is 0.331 e. The van der Waals surface area contributed by atoms with Crippen molar-refractivity contribution in [2.75, 3.05) is 12.3 Å². The number of hydrogen-bond acceptors (Lipinski definition) is 4.